The van der Waals surface area contributed by atoms with Crippen molar-refractivity contribution in [2.45, 2.75) is 38.0 Å². The first kappa shape index (κ1) is 21.3. The molecule has 0 fully saturated rings. The van der Waals surface area contributed by atoms with Gasteiger partial charge in [-0.3, -0.25) is 0 Å². The monoisotopic (exact) mass is 424 g/mol. The first-order valence-corrected chi connectivity index (χ1v) is 11.5. The summed E-state index contributed by atoms with van der Waals surface area (Å²) >= 11 is 0. The van der Waals surface area contributed by atoms with Gasteiger partial charge in [-0.05, 0) is 21.7 Å². The van der Waals surface area contributed by atoms with Gasteiger partial charge >= 0.3 is 0 Å². The van der Waals surface area contributed by atoms with Gasteiger partial charge in [-0.1, -0.05) is 112 Å². The molecule has 0 saturated carbocycles. The minimum absolute atomic E-state index is 0.157. The highest BCUT2D eigenvalue weighted by Gasteiger charge is 2.38. The van der Waals surface area contributed by atoms with Crippen molar-refractivity contribution in [1.29, 1.82) is 0 Å². The SMILES string of the molecule is CC(C)(C)[Si]OCc1cn(C(c2ccccc2)(c2ccccc2)c2ccccc2)cn1. The van der Waals surface area contributed by atoms with E-state index >= 15 is 0 Å². The van der Waals surface area contributed by atoms with Crippen LogP contribution in [0.5, 0.6) is 0 Å². The second kappa shape index (κ2) is 9.04. The third-order valence-corrected chi connectivity index (χ3v) is 6.10. The maximum atomic E-state index is 5.98. The van der Waals surface area contributed by atoms with E-state index in [-0.39, 0.29) is 5.04 Å². The van der Waals surface area contributed by atoms with Crippen molar-refractivity contribution >= 4 is 9.76 Å². The van der Waals surface area contributed by atoms with Gasteiger partial charge in [-0.15, -0.1) is 0 Å². The highest BCUT2D eigenvalue weighted by atomic mass is 28.2. The van der Waals surface area contributed by atoms with Crippen LogP contribution in [0.1, 0.15) is 43.2 Å². The molecule has 156 valence electrons. The van der Waals surface area contributed by atoms with E-state index in [0.29, 0.717) is 16.4 Å². The van der Waals surface area contributed by atoms with E-state index in [0.717, 1.165) is 5.69 Å². The first-order chi connectivity index (χ1) is 15.0. The Morgan fingerprint density at radius 3 is 1.61 bits per heavy atom. The van der Waals surface area contributed by atoms with Crippen molar-refractivity contribution in [3.05, 3.63) is 126 Å². The molecule has 0 aliphatic heterocycles. The summed E-state index contributed by atoms with van der Waals surface area (Å²) in [7, 11) is 0.432. The van der Waals surface area contributed by atoms with E-state index in [1.165, 1.54) is 16.7 Å². The molecule has 31 heavy (non-hydrogen) atoms. The lowest BCUT2D eigenvalue weighted by molar-refractivity contribution is 0.305. The quantitative estimate of drug-likeness (QED) is 0.266. The fraction of sp³-hybridized carbons (Fsp3) is 0.222. The van der Waals surface area contributed by atoms with Crippen LogP contribution >= 0.6 is 0 Å². The summed E-state index contributed by atoms with van der Waals surface area (Å²) in [6.07, 6.45) is 4.06. The Balaban J connectivity index is 1.86. The largest absolute Gasteiger partial charge is 0.411 e. The number of hydrogen-bond acceptors (Lipinski definition) is 2. The van der Waals surface area contributed by atoms with Gasteiger partial charge < -0.3 is 8.99 Å². The zero-order valence-electron chi connectivity index (χ0n) is 18.3. The standard InChI is InChI=1S/C27H28N2OSi/c1-26(2,3)31-30-20-25-19-29(21-28-25)27(22-13-7-4-8-14-22,23-15-9-5-10-16-23)24-17-11-6-12-18-24/h4-19,21H,20H2,1-3H3. The summed E-state index contributed by atoms with van der Waals surface area (Å²) in [4.78, 5) is 4.72. The summed E-state index contributed by atoms with van der Waals surface area (Å²) < 4.78 is 8.21. The molecule has 0 saturated heterocycles. The average Bonchev–Trinajstić information content (AvgIpc) is 3.25. The predicted molar refractivity (Wildman–Crippen MR) is 127 cm³/mol. The Morgan fingerprint density at radius 1 is 0.742 bits per heavy atom. The van der Waals surface area contributed by atoms with E-state index in [4.69, 9.17) is 9.41 Å². The van der Waals surface area contributed by atoms with Gasteiger partial charge in [0.05, 0.1) is 18.6 Å². The van der Waals surface area contributed by atoms with Gasteiger partial charge in [0.25, 0.3) is 0 Å². The third kappa shape index (κ3) is 4.55. The van der Waals surface area contributed by atoms with Crippen molar-refractivity contribution in [3.63, 3.8) is 0 Å². The van der Waals surface area contributed by atoms with Crippen molar-refractivity contribution in [1.82, 2.24) is 9.55 Å². The Labute approximate surface area is 187 Å². The minimum atomic E-state index is -0.526. The molecule has 0 spiro atoms. The summed E-state index contributed by atoms with van der Waals surface area (Å²) in [6, 6.07) is 31.9. The third-order valence-electron chi connectivity index (χ3n) is 5.20. The van der Waals surface area contributed by atoms with Crippen LogP contribution in [-0.4, -0.2) is 19.3 Å². The van der Waals surface area contributed by atoms with Crippen LogP contribution in [0, 0.1) is 0 Å². The molecule has 0 unspecified atom stereocenters. The molecule has 0 bridgehead atoms. The Bertz CT molecular complexity index is 990. The van der Waals surface area contributed by atoms with Crippen LogP contribution in [0.2, 0.25) is 5.04 Å². The van der Waals surface area contributed by atoms with E-state index in [1.807, 2.05) is 6.33 Å². The second-order valence-electron chi connectivity index (χ2n) is 8.72. The van der Waals surface area contributed by atoms with Crippen LogP contribution in [0.15, 0.2) is 104 Å². The Morgan fingerprint density at radius 2 is 1.19 bits per heavy atom. The lowest BCUT2D eigenvalue weighted by atomic mass is 9.77. The number of aromatic nitrogens is 2. The second-order valence-corrected chi connectivity index (χ2v) is 10.7. The minimum Gasteiger partial charge on any atom is -0.411 e. The average molecular weight is 425 g/mol. The molecular formula is C27H28N2OSi. The molecule has 0 atom stereocenters. The first-order valence-electron chi connectivity index (χ1n) is 10.6. The van der Waals surface area contributed by atoms with Crippen LogP contribution < -0.4 is 0 Å². The van der Waals surface area contributed by atoms with E-state index in [2.05, 4.69) is 123 Å². The zero-order valence-corrected chi connectivity index (χ0v) is 19.3. The lowest BCUT2D eigenvalue weighted by Crippen LogP contribution is -2.36. The fourth-order valence-corrected chi connectivity index (χ4v) is 4.59. The highest BCUT2D eigenvalue weighted by molar-refractivity contribution is 6.31. The Hall–Kier alpha value is -2.95. The molecule has 1 heterocycles. The maximum absolute atomic E-state index is 5.98. The van der Waals surface area contributed by atoms with E-state index < -0.39 is 5.54 Å². The molecule has 3 aromatic carbocycles. The summed E-state index contributed by atoms with van der Waals surface area (Å²) in [6.45, 7) is 7.08. The molecule has 2 radical (unpaired) electrons. The molecule has 0 aliphatic rings. The number of hydrogen-bond donors (Lipinski definition) is 0. The fourth-order valence-electron chi connectivity index (χ4n) is 3.93. The van der Waals surface area contributed by atoms with Gasteiger partial charge in [0.1, 0.15) is 5.54 Å². The normalized spacial score (nSPS) is 12.1. The van der Waals surface area contributed by atoms with Gasteiger partial charge in [-0.2, -0.15) is 0 Å². The molecule has 4 aromatic rings. The zero-order chi connectivity index (χ0) is 21.7. The van der Waals surface area contributed by atoms with Crippen molar-refractivity contribution in [3.8, 4) is 0 Å². The summed E-state index contributed by atoms with van der Waals surface area (Å²) in [5.41, 5.74) is 3.97. The topological polar surface area (TPSA) is 27.1 Å². The Kier molecular flexibility index (Phi) is 6.21. The molecule has 0 amide bonds. The maximum Gasteiger partial charge on any atom is 0.236 e. The number of rotatable bonds is 7. The molecule has 1 aromatic heterocycles. The highest BCUT2D eigenvalue weighted by Crippen LogP contribution is 2.40. The molecule has 0 N–H and O–H groups in total. The van der Waals surface area contributed by atoms with Crippen molar-refractivity contribution in [2.24, 2.45) is 0 Å². The van der Waals surface area contributed by atoms with Gasteiger partial charge in [0.15, 0.2) is 0 Å². The van der Waals surface area contributed by atoms with Crippen LogP contribution in [0.3, 0.4) is 0 Å². The summed E-state index contributed by atoms with van der Waals surface area (Å²) in [5.74, 6) is 0. The van der Waals surface area contributed by atoms with Crippen LogP contribution in [0.4, 0.5) is 0 Å². The molecule has 4 rings (SSSR count). The van der Waals surface area contributed by atoms with Crippen LogP contribution in [0.25, 0.3) is 0 Å². The number of imidazole rings is 1. The number of nitrogens with zero attached hydrogens (tertiary/aromatic N) is 2. The van der Waals surface area contributed by atoms with E-state index in [9.17, 15) is 0 Å². The number of benzene rings is 3. The molecule has 0 aliphatic carbocycles. The molecule has 3 nitrogen and oxygen atoms in total. The van der Waals surface area contributed by atoms with E-state index in [1.54, 1.807) is 0 Å². The lowest BCUT2D eigenvalue weighted by Gasteiger charge is -2.37. The van der Waals surface area contributed by atoms with Crippen LogP contribution in [-0.2, 0) is 16.6 Å². The predicted octanol–water partition coefficient (Wildman–Crippen LogP) is 6.08. The molecule has 4 heteroatoms. The van der Waals surface area contributed by atoms with Gasteiger partial charge in [-0.25, -0.2) is 4.98 Å². The molecular weight excluding hydrogens is 396 g/mol. The summed E-state index contributed by atoms with van der Waals surface area (Å²) in [5, 5.41) is 0.157. The van der Waals surface area contributed by atoms with Crippen molar-refractivity contribution in [2.75, 3.05) is 0 Å². The van der Waals surface area contributed by atoms with Gasteiger partial charge in [0.2, 0.25) is 9.76 Å². The van der Waals surface area contributed by atoms with Gasteiger partial charge in [0, 0.05) is 6.20 Å². The smallest absolute Gasteiger partial charge is 0.236 e. The van der Waals surface area contributed by atoms with Crippen molar-refractivity contribution < 1.29 is 4.43 Å².